The van der Waals surface area contributed by atoms with Gasteiger partial charge in [0.25, 0.3) is 0 Å². The molecule has 3 rings (SSSR count). The molecule has 7 heteroatoms. The summed E-state index contributed by atoms with van der Waals surface area (Å²) in [4.78, 5) is 11.3. The number of aliphatic hydroxyl groups excluding tert-OH is 1. The lowest BCUT2D eigenvalue weighted by molar-refractivity contribution is -0.140. The smallest absolute Gasteiger partial charge is 0.313 e. The molecule has 112 valence electrons. The van der Waals surface area contributed by atoms with E-state index in [0.29, 0.717) is 11.3 Å². The third-order valence-corrected chi connectivity index (χ3v) is 4.97. The van der Waals surface area contributed by atoms with Crippen LogP contribution in [0.1, 0.15) is 6.42 Å². The van der Waals surface area contributed by atoms with E-state index in [1.165, 1.54) is 7.11 Å². The van der Waals surface area contributed by atoms with Crippen molar-refractivity contribution >= 4 is 51.2 Å². The zero-order valence-corrected chi connectivity index (χ0v) is 15.4. The second-order valence-corrected chi connectivity index (χ2v) is 6.23. The van der Waals surface area contributed by atoms with Gasteiger partial charge in [-0.25, -0.2) is 0 Å². The predicted octanol–water partition coefficient (Wildman–Crippen LogP) is 3.06. The third kappa shape index (κ3) is 2.37. The van der Waals surface area contributed by atoms with Gasteiger partial charge in [0.1, 0.15) is 29.8 Å². The molecule has 3 aliphatic rings. The highest BCUT2D eigenvalue weighted by molar-refractivity contribution is 14.1. The minimum Gasteiger partial charge on any atom is -0.511 e. The number of halogens is 2. The number of methoxy groups -OCH3 is 1. The third-order valence-electron chi connectivity index (χ3n) is 3.61. The summed E-state index contributed by atoms with van der Waals surface area (Å²) in [5.41, 5.74) is 2.66. The van der Waals surface area contributed by atoms with Gasteiger partial charge in [-0.05, 0) is 28.7 Å². The quantitative estimate of drug-likeness (QED) is 0.272. The van der Waals surface area contributed by atoms with Crippen molar-refractivity contribution in [2.45, 2.75) is 18.6 Å². The molecule has 0 aromatic rings. The number of alkyl halides is 1. The highest BCUT2D eigenvalue weighted by Gasteiger charge is 2.49. The van der Waals surface area contributed by atoms with E-state index in [1.807, 2.05) is 4.08 Å². The Kier molecular flexibility index (Phi) is 4.21. The topological polar surface area (TPSA) is 65.0 Å². The molecule has 0 saturated heterocycles. The number of hydrogen-bond acceptors (Lipinski definition) is 5. The Balaban J connectivity index is 1.97. The number of aliphatic hydroxyl groups is 1. The van der Waals surface area contributed by atoms with Gasteiger partial charge in [0.2, 0.25) is 0 Å². The summed E-state index contributed by atoms with van der Waals surface area (Å²) in [7, 11) is 1.30. The largest absolute Gasteiger partial charge is 0.511 e. The predicted molar refractivity (Wildman–Crippen MR) is 92.1 cm³/mol. The SMILES string of the molecule is COC(=O)C/C(O)=C1\C=C2OC1C1=C2/C(=C\I)O[C@H]1CI. The van der Waals surface area contributed by atoms with Gasteiger partial charge < -0.3 is 19.3 Å². The summed E-state index contributed by atoms with van der Waals surface area (Å²) in [5, 5.41) is 10.1. The first-order valence-electron chi connectivity index (χ1n) is 6.25. The number of carbonyl (C=O) groups excluding carboxylic acids is 1. The molecule has 3 heterocycles. The van der Waals surface area contributed by atoms with E-state index in [2.05, 4.69) is 49.9 Å². The number of hydrogen-bond donors (Lipinski definition) is 1. The minimum absolute atomic E-state index is 0.00693. The van der Waals surface area contributed by atoms with Gasteiger partial charge in [-0.2, -0.15) is 0 Å². The summed E-state index contributed by atoms with van der Waals surface area (Å²) < 4.78 is 19.0. The van der Waals surface area contributed by atoms with Crippen LogP contribution in [-0.2, 0) is 19.0 Å². The summed E-state index contributed by atoms with van der Waals surface area (Å²) in [6, 6.07) is 0. The van der Waals surface area contributed by atoms with Crippen LogP contribution >= 0.6 is 45.2 Å². The summed E-state index contributed by atoms with van der Waals surface area (Å²) in [6.45, 7) is 0. The fourth-order valence-electron chi connectivity index (χ4n) is 2.69. The van der Waals surface area contributed by atoms with E-state index in [-0.39, 0.29) is 24.4 Å². The molecule has 2 atom stereocenters. The fourth-order valence-corrected chi connectivity index (χ4v) is 3.80. The van der Waals surface area contributed by atoms with Gasteiger partial charge >= 0.3 is 5.97 Å². The minimum atomic E-state index is -0.476. The van der Waals surface area contributed by atoms with Crippen molar-refractivity contribution < 1.29 is 24.1 Å². The van der Waals surface area contributed by atoms with E-state index in [0.717, 1.165) is 21.3 Å². The molecule has 21 heavy (non-hydrogen) atoms. The molecule has 5 nitrogen and oxygen atoms in total. The average molecular weight is 514 g/mol. The lowest BCUT2D eigenvalue weighted by Gasteiger charge is -2.18. The van der Waals surface area contributed by atoms with Crippen molar-refractivity contribution in [1.82, 2.24) is 0 Å². The van der Waals surface area contributed by atoms with Gasteiger partial charge in [-0.3, -0.25) is 4.79 Å². The number of esters is 1. The summed E-state index contributed by atoms with van der Waals surface area (Å²) in [6.07, 6.45) is 1.22. The van der Waals surface area contributed by atoms with Crippen LogP contribution in [0, 0.1) is 0 Å². The van der Waals surface area contributed by atoms with Crippen molar-refractivity contribution in [3.8, 4) is 0 Å². The monoisotopic (exact) mass is 514 g/mol. The maximum atomic E-state index is 11.3. The molecule has 0 fully saturated rings. The highest BCUT2D eigenvalue weighted by Crippen LogP contribution is 2.51. The molecule has 0 saturated carbocycles. The van der Waals surface area contributed by atoms with E-state index in [9.17, 15) is 9.90 Å². The first kappa shape index (κ1) is 15.2. The Bertz CT molecular complexity index is 629. The van der Waals surface area contributed by atoms with E-state index >= 15 is 0 Å². The fraction of sp³-hybridized carbons (Fsp3) is 0.357. The average Bonchev–Trinajstić information content (AvgIpc) is 3.16. The van der Waals surface area contributed by atoms with E-state index < -0.39 is 5.97 Å². The Hall–Kier alpha value is -0.710. The first-order chi connectivity index (χ1) is 10.1. The van der Waals surface area contributed by atoms with Crippen LogP contribution in [0.2, 0.25) is 0 Å². The maximum Gasteiger partial charge on any atom is 0.313 e. The van der Waals surface area contributed by atoms with E-state index in [1.54, 1.807) is 6.08 Å². The summed E-state index contributed by atoms with van der Waals surface area (Å²) >= 11 is 4.41. The number of carbonyl (C=O) groups is 1. The molecular formula is C14H12I2O5. The molecule has 0 radical (unpaired) electrons. The maximum absolute atomic E-state index is 11.3. The molecule has 0 amide bonds. The van der Waals surface area contributed by atoms with Gasteiger partial charge in [0, 0.05) is 19.7 Å². The number of rotatable bonds is 3. The van der Waals surface area contributed by atoms with Gasteiger partial charge in [-0.1, -0.05) is 22.6 Å². The lowest BCUT2D eigenvalue weighted by Crippen LogP contribution is -2.22. The van der Waals surface area contributed by atoms with Crippen molar-refractivity contribution in [2.75, 3.05) is 11.5 Å². The molecule has 1 N–H and O–H groups in total. The van der Waals surface area contributed by atoms with Gasteiger partial charge in [0.05, 0.1) is 12.7 Å². The van der Waals surface area contributed by atoms with Gasteiger partial charge in [0.15, 0.2) is 6.10 Å². The second-order valence-electron chi connectivity index (χ2n) is 4.73. The zero-order chi connectivity index (χ0) is 15.1. The van der Waals surface area contributed by atoms with Crippen LogP contribution in [0.3, 0.4) is 0 Å². The Labute approximate surface area is 149 Å². The van der Waals surface area contributed by atoms with Crippen LogP contribution in [0.25, 0.3) is 0 Å². The molecule has 3 aliphatic heterocycles. The van der Waals surface area contributed by atoms with Crippen LogP contribution in [0.15, 0.2) is 44.2 Å². The van der Waals surface area contributed by atoms with Crippen molar-refractivity contribution in [1.29, 1.82) is 0 Å². The van der Waals surface area contributed by atoms with Crippen LogP contribution in [0.5, 0.6) is 0 Å². The Morgan fingerprint density at radius 1 is 1.52 bits per heavy atom. The first-order valence-corrected chi connectivity index (χ1v) is 9.02. The lowest BCUT2D eigenvalue weighted by atomic mass is 9.90. The van der Waals surface area contributed by atoms with E-state index in [4.69, 9.17) is 9.47 Å². The Morgan fingerprint density at radius 2 is 2.29 bits per heavy atom. The molecule has 1 unspecified atom stereocenters. The van der Waals surface area contributed by atoms with Crippen LogP contribution < -0.4 is 0 Å². The van der Waals surface area contributed by atoms with Crippen molar-refractivity contribution in [2.24, 2.45) is 0 Å². The molecule has 0 aliphatic carbocycles. The van der Waals surface area contributed by atoms with Crippen LogP contribution in [-0.4, -0.2) is 34.8 Å². The normalized spacial score (nSPS) is 30.0. The molecule has 2 bridgehead atoms. The molecule has 0 spiro atoms. The van der Waals surface area contributed by atoms with Gasteiger partial charge in [-0.15, -0.1) is 0 Å². The standard InChI is InChI=1S/C14H12I2O5/c1-19-11(18)3-7(17)6-2-8-12-9(4-15)20-10(5-16)13(12)14(6)21-8/h2,4,10,14,17H,3,5H2,1H3/b7-6-,9-4+/t10-,14?/m0/s1. The van der Waals surface area contributed by atoms with Crippen LogP contribution in [0.4, 0.5) is 0 Å². The highest BCUT2D eigenvalue weighted by atomic mass is 127. The van der Waals surface area contributed by atoms with Crippen molar-refractivity contribution in [3.63, 3.8) is 0 Å². The number of fused-ring (bicyclic) bond motifs is 4. The Morgan fingerprint density at radius 3 is 2.90 bits per heavy atom. The zero-order valence-electron chi connectivity index (χ0n) is 11.1. The number of ether oxygens (including phenoxy) is 3. The second kappa shape index (κ2) is 5.82. The molecular weight excluding hydrogens is 502 g/mol. The molecule has 0 aromatic carbocycles. The molecule has 0 aromatic heterocycles. The summed E-state index contributed by atoms with van der Waals surface area (Å²) in [5.74, 6) is 1.04. The van der Waals surface area contributed by atoms with Crippen molar-refractivity contribution in [3.05, 3.63) is 44.2 Å².